The number of nitrogens with zero attached hydrogens (tertiary/aromatic N) is 1. The van der Waals surface area contributed by atoms with Gasteiger partial charge in [0.25, 0.3) is 0 Å². The van der Waals surface area contributed by atoms with Gasteiger partial charge in [-0.15, -0.1) is 0 Å². The van der Waals surface area contributed by atoms with E-state index in [1.165, 1.54) is 11.1 Å². The van der Waals surface area contributed by atoms with Crippen molar-refractivity contribution < 1.29 is 4.84 Å². The molecule has 1 aromatic carbocycles. The molecular formula is C12H19NO. The van der Waals surface area contributed by atoms with E-state index >= 15 is 0 Å². The fourth-order valence-corrected chi connectivity index (χ4v) is 1.25. The Balaban J connectivity index is 2.34. The van der Waals surface area contributed by atoms with Crippen LogP contribution in [0.15, 0.2) is 24.3 Å². The van der Waals surface area contributed by atoms with Crippen LogP contribution >= 0.6 is 0 Å². The van der Waals surface area contributed by atoms with Crippen molar-refractivity contribution in [1.82, 2.24) is 5.06 Å². The normalized spacial score (nSPS) is 10.9. The van der Waals surface area contributed by atoms with Crippen LogP contribution in [0.1, 0.15) is 24.5 Å². The molecule has 0 atom stereocenters. The van der Waals surface area contributed by atoms with Gasteiger partial charge in [0, 0.05) is 13.6 Å². The van der Waals surface area contributed by atoms with E-state index in [4.69, 9.17) is 4.84 Å². The summed E-state index contributed by atoms with van der Waals surface area (Å²) in [6, 6.07) is 8.43. The first-order valence-corrected chi connectivity index (χ1v) is 5.12. The molecule has 14 heavy (non-hydrogen) atoms. The fourth-order valence-electron chi connectivity index (χ4n) is 1.25. The molecule has 0 heterocycles. The van der Waals surface area contributed by atoms with Crippen molar-refractivity contribution >= 4 is 0 Å². The van der Waals surface area contributed by atoms with E-state index in [9.17, 15) is 0 Å². The van der Waals surface area contributed by atoms with Gasteiger partial charge in [-0.2, -0.15) is 5.06 Å². The first kappa shape index (κ1) is 11.2. The summed E-state index contributed by atoms with van der Waals surface area (Å²) in [6.07, 6.45) is 1.12. The highest BCUT2D eigenvalue weighted by Crippen LogP contribution is 2.05. The van der Waals surface area contributed by atoms with E-state index in [1.54, 1.807) is 0 Å². The second kappa shape index (κ2) is 5.78. The Morgan fingerprint density at radius 3 is 2.43 bits per heavy atom. The van der Waals surface area contributed by atoms with E-state index in [1.807, 2.05) is 12.1 Å². The van der Waals surface area contributed by atoms with Gasteiger partial charge in [-0.05, 0) is 18.9 Å². The zero-order valence-electron chi connectivity index (χ0n) is 9.29. The maximum Gasteiger partial charge on any atom is 0.0935 e. The summed E-state index contributed by atoms with van der Waals surface area (Å²) in [5.74, 6) is 0. The van der Waals surface area contributed by atoms with Gasteiger partial charge in [0.1, 0.15) is 0 Å². The minimum Gasteiger partial charge on any atom is -0.295 e. The lowest BCUT2D eigenvalue weighted by molar-refractivity contribution is -0.150. The molecule has 0 aliphatic carbocycles. The van der Waals surface area contributed by atoms with Gasteiger partial charge in [-0.3, -0.25) is 4.84 Å². The summed E-state index contributed by atoms with van der Waals surface area (Å²) < 4.78 is 0. The minimum atomic E-state index is 0.663. The maximum absolute atomic E-state index is 5.54. The van der Waals surface area contributed by atoms with Crippen LogP contribution in [0.5, 0.6) is 0 Å². The van der Waals surface area contributed by atoms with Gasteiger partial charge in [0.05, 0.1) is 6.61 Å². The molecule has 1 aromatic rings. The Bertz CT molecular complexity index is 256. The molecule has 0 fully saturated rings. The predicted octanol–water partition coefficient (Wildman–Crippen LogP) is 2.77. The Kier molecular flexibility index (Phi) is 4.63. The molecular weight excluding hydrogens is 174 g/mol. The lowest BCUT2D eigenvalue weighted by Crippen LogP contribution is -2.19. The largest absolute Gasteiger partial charge is 0.295 e. The molecule has 0 aliphatic heterocycles. The Labute approximate surface area is 86.4 Å². The molecule has 0 aromatic heterocycles. The topological polar surface area (TPSA) is 12.5 Å². The highest BCUT2D eigenvalue weighted by Gasteiger charge is 1.97. The second-order valence-electron chi connectivity index (χ2n) is 3.61. The zero-order chi connectivity index (χ0) is 10.4. The van der Waals surface area contributed by atoms with Gasteiger partial charge >= 0.3 is 0 Å². The Morgan fingerprint density at radius 2 is 1.86 bits per heavy atom. The molecule has 0 spiro atoms. The SMILES string of the molecule is CCCN(C)OCc1ccc(C)cc1. The maximum atomic E-state index is 5.54. The molecule has 1 rings (SSSR count). The molecule has 2 heteroatoms. The van der Waals surface area contributed by atoms with Crippen LogP contribution in [0.4, 0.5) is 0 Å². The predicted molar refractivity (Wildman–Crippen MR) is 58.9 cm³/mol. The smallest absolute Gasteiger partial charge is 0.0935 e. The minimum absolute atomic E-state index is 0.663. The third-order valence-electron chi connectivity index (χ3n) is 2.11. The quantitative estimate of drug-likeness (QED) is 0.667. The molecule has 0 unspecified atom stereocenters. The highest BCUT2D eigenvalue weighted by atomic mass is 16.7. The number of hydrogen-bond acceptors (Lipinski definition) is 2. The zero-order valence-corrected chi connectivity index (χ0v) is 9.29. The number of hydroxylamine groups is 2. The van der Waals surface area contributed by atoms with Crippen LogP contribution in [0.25, 0.3) is 0 Å². The van der Waals surface area contributed by atoms with Crippen LogP contribution in [0.3, 0.4) is 0 Å². The van der Waals surface area contributed by atoms with Gasteiger partial charge in [-0.25, -0.2) is 0 Å². The van der Waals surface area contributed by atoms with Crippen LogP contribution < -0.4 is 0 Å². The molecule has 78 valence electrons. The molecule has 0 aliphatic rings. The van der Waals surface area contributed by atoms with Crippen molar-refractivity contribution in [3.8, 4) is 0 Å². The van der Waals surface area contributed by atoms with Crippen LogP contribution in [0.2, 0.25) is 0 Å². The molecule has 0 N–H and O–H groups in total. The Morgan fingerprint density at radius 1 is 1.21 bits per heavy atom. The third-order valence-corrected chi connectivity index (χ3v) is 2.11. The van der Waals surface area contributed by atoms with Crippen molar-refractivity contribution in [2.24, 2.45) is 0 Å². The van der Waals surface area contributed by atoms with E-state index in [2.05, 4.69) is 38.1 Å². The van der Waals surface area contributed by atoms with Crippen molar-refractivity contribution in [3.63, 3.8) is 0 Å². The first-order valence-electron chi connectivity index (χ1n) is 5.12. The molecule has 2 nitrogen and oxygen atoms in total. The average molecular weight is 193 g/mol. The average Bonchev–Trinajstić information content (AvgIpc) is 2.17. The molecule has 0 bridgehead atoms. The van der Waals surface area contributed by atoms with E-state index in [-0.39, 0.29) is 0 Å². The number of benzene rings is 1. The van der Waals surface area contributed by atoms with Gasteiger partial charge in [0.15, 0.2) is 0 Å². The van der Waals surface area contributed by atoms with E-state index in [0.29, 0.717) is 6.61 Å². The van der Waals surface area contributed by atoms with Crippen molar-refractivity contribution in [2.75, 3.05) is 13.6 Å². The van der Waals surface area contributed by atoms with Gasteiger partial charge in [0.2, 0.25) is 0 Å². The van der Waals surface area contributed by atoms with E-state index < -0.39 is 0 Å². The highest BCUT2D eigenvalue weighted by molar-refractivity contribution is 5.20. The van der Waals surface area contributed by atoms with Crippen LogP contribution in [-0.4, -0.2) is 18.7 Å². The Hall–Kier alpha value is -0.860. The second-order valence-corrected chi connectivity index (χ2v) is 3.61. The molecule has 0 radical (unpaired) electrons. The first-order chi connectivity index (χ1) is 6.72. The van der Waals surface area contributed by atoms with Gasteiger partial charge in [-0.1, -0.05) is 36.8 Å². The van der Waals surface area contributed by atoms with Crippen molar-refractivity contribution in [3.05, 3.63) is 35.4 Å². The molecule has 0 saturated heterocycles. The fraction of sp³-hybridized carbons (Fsp3) is 0.500. The summed E-state index contributed by atoms with van der Waals surface area (Å²) in [5.41, 5.74) is 2.51. The molecule has 0 amide bonds. The monoisotopic (exact) mass is 193 g/mol. The summed E-state index contributed by atoms with van der Waals surface area (Å²) in [4.78, 5) is 5.54. The molecule has 0 saturated carbocycles. The summed E-state index contributed by atoms with van der Waals surface area (Å²) in [6.45, 7) is 5.88. The van der Waals surface area contributed by atoms with Crippen molar-refractivity contribution in [1.29, 1.82) is 0 Å². The van der Waals surface area contributed by atoms with Crippen LogP contribution in [-0.2, 0) is 11.4 Å². The summed E-state index contributed by atoms with van der Waals surface area (Å²) in [5, 5.41) is 1.89. The van der Waals surface area contributed by atoms with Crippen LogP contribution in [0, 0.1) is 6.92 Å². The standard InChI is InChI=1S/C12H19NO/c1-4-9-13(3)14-10-12-7-5-11(2)6-8-12/h5-8H,4,9-10H2,1-3H3. The lowest BCUT2D eigenvalue weighted by Gasteiger charge is -2.15. The number of aryl methyl sites for hydroxylation is 1. The van der Waals surface area contributed by atoms with Gasteiger partial charge < -0.3 is 0 Å². The van der Waals surface area contributed by atoms with E-state index in [0.717, 1.165) is 13.0 Å². The third kappa shape index (κ3) is 3.90. The lowest BCUT2D eigenvalue weighted by atomic mass is 10.2. The van der Waals surface area contributed by atoms with Crippen molar-refractivity contribution in [2.45, 2.75) is 26.9 Å². The summed E-state index contributed by atoms with van der Waals surface area (Å²) >= 11 is 0. The summed E-state index contributed by atoms with van der Waals surface area (Å²) in [7, 11) is 1.97. The number of rotatable bonds is 5. The number of hydrogen-bond donors (Lipinski definition) is 0.